The first-order valence-electron chi connectivity index (χ1n) is 4.67. The Kier molecular flexibility index (Phi) is 2.87. The smallest absolute Gasteiger partial charge is 0.218 e. The van der Waals surface area contributed by atoms with E-state index in [0.29, 0.717) is 5.70 Å². The number of benzene rings is 1. The zero-order valence-corrected chi connectivity index (χ0v) is 9.28. The molecule has 0 aliphatic carbocycles. The van der Waals surface area contributed by atoms with Gasteiger partial charge in [0.05, 0.1) is 16.3 Å². The quantitative estimate of drug-likeness (QED) is 0.718. The lowest BCUT2D eigenvalue weighted by atomic mass is 10.2. The van der Waals surface area contributed by atoms with Crippen LogP contribution in [0.25, 0.3) is 0 Å². The van der Waals surface area contributed by atoms with Crippen LogP contribution in [0.3, 0.4) is 0 Å². The molecule has 4 N–H and O–H groups in total. The molecule has 0 spiro atoms. The van der Waals surface area contributed by atoms with Gasteiger partial charge in [0.1, 0.15) is 0 Å². The Bertz CT molecular complexity index is 482. The molecule has 1 aromatic carbocycles. The number of amides is 1. The van der Waals surface area contributed by atoms with Gasteiger partial charge in [-0.2, -0.15) is 0 Å². The van der Waals surface area contributed by atoms with Crippen molar-refractivity contribution in [1.29, 1.82) is 0 Å². The lowest BCUT2D eigenvalue weighted by molar-refractivity contribution is -0.107. The van der Waals surface area contributed by atoms with Gasteiger partial charge >= 0.3 is 0 Å². The molecule has 0 radical (unpaired) electrons. The van der Waals surface area contributed by atoms with Crippen molar-refractivity contribution >= 4 is 23.9 Å². The first kappa shape index (κ1) is 10.6. The van der Waals surface area contributed by atoms with Gasteiger partial charge in [0.2, 0.25) is 6.41 Å². The molecule has 5 heteroatoms. The molecule has 0 fully saturated rings. The van der Waals surface area contributed by atoms with Gasteiger partial charge in [-0.05, 0) is 12.1 Å². The second-order valence-corrected chi connectivity index (χ2v) is 4.21. The second-order valence-electron chi connectivity index (χ2n) is 3.13. The Morgan fingerprint density at radius 1 is 1.19 bits per heavy atom. The Morgan fingerprint density at radius 2 is 1.94 bits per heavy atom. The molecular formula is C11H11N3OS. The third-order valence-corrected chi connectivity index (χ3v) is 3.40. The standard InChI is InChI=1S/C11H11N3OS/c12-5-9-11(6-13)16-10-4-2-1-3-8(10)14(9)7-15/h1-7H,12-13H2/b9-5+,11-6?. The molecule has 0 aromatic heterocycles. The van der Waals surface area contributed by atoms with Crippen LogP contribution in [0.15, 0.2) is 52.2 Å². The zero-order valence-electron chi connectivity index (χ0n) is 8.46. The highest BCUT2D eigenvalue weighted by Crippen LogP contribution is 2.44. The van der Waals surface area contributed by atoms with Gasteiger partial charge in [-0.25, -0.2) is 0 Å². The number of nitrogens with zero attached hydrogens (tertiary/aromatic N) is 1. The van der Waals surface area contributed by atoms with Crippen molar-refractivity contribution in [2.45, 2.75) is 4.90 Å². The minimum atomic E-state index is 0.612. The molecule has 16 heavy (non-hydrogen) atoms. The first-order valence-corrected chi connectivity index (χ1v) is 5.49. The molecule has 1 aliphatic heterocycles. The molecule has 1 heterocycles. The largest absolute Gasteiger partial charge is 0.404 e. The van der Waals surface area contributed by atoms with Crippen LogP contribution in [-0.4, -0.2) is 6.41 Å². The van der Waals surface area contributed by atoms with Gasteiger partial charge in [0.25, 0.3) is 0 Å². The van der Waals surface area contributed by atoms with Gasteiger partial charge in [-0.3, -0.25) is 9.69 Å². The second kappa shape index (κ2) is 4.32. The normalized spacial score (nSPS) is 19.9. The maximum absolute atomic E-state index is 11.1. The fraction of sp³-hybridized carbons (Fsp3) is 0. The van der Waals surface area contributed by atoms with Crippen molar-refractivity contribution in [3.63, 3.8) is 0 Å². The Morgan fingerprint density at radius 3 is 2.56 bits per heavy atom. The number of thioether (sulfide) groups is 1. The molecule has 2 rings (SSSR count). The predicted molar refractivity (Wildman–Crippen MR) is 65.4 cm³/mol. The van der Waals surface area contributed by atoms with E-state index in [2.05, 4.69) is 0 Å². The van der Waals surface area contributed by atoms with Crippen LogP contribution < -0.4 is 16.4 Å². The number of hydrogen-bond donors (Lipinski definition) is 2. The summed E-state index contributed by atoms with van der Waals surface area (Å²) in [6.45, 7) is 0. The highest BCUT2D eigenvalue weighted by atomic mass is 32.2. The summed E-state index contributed by atoms with van der Waals surface area (Å²) in [6.07, 6.45) is 3.58. The molecule has 0 bridgehead atoms. The van der Waals surface area contributed by atoms with Crippen molar-refractivity contribution in [3.8, 4) is 0 Å². The highest BCUT2D eigenvalue weighted by Gasteiger charge is 2.24. The van der Waals surface area contributed by atoms with Gasteiger partial charge in [0.15, 0.2) is 0 Å². The van der Waals surface area contributed by atoms with E-state index in [-0.39, 0.29) is 0 Å². The molecule has 0 atom stereocenters. The number of nitrogens with two attached hydrogens (primary N) is 2. The summed E-state index contributed by atoms with van der Waals surface area (Å²) >= 11 is 1.50. The summed E-state index contributed by atoms with van der Waals surface area (Å²) < 4.78 is 0. The first-order chi connectivity index (χ1) is 7.81. The number of para-hydroxylation sites is 1. The molecule has 1 aromatic rings. The van der Waals surface area contributed by atoms with E-state index < -0.39 is 0 Å². The molecule has 1 aliphatic rings. The average Bonchev–Trinajstić information content (AvgIpc) is 2.36. The molecule has 1 amide bonds. The van der Waals surface area contributed by atoms with Crippen LogP contribution in [0.4, 0.5) is 5.69 Å². The number of anilines is 1. The Hall–Kier alpha value is -1.88. The van der Waals surface area contributed by atoms with Crippen LogP contribution in [0.5, 0.6) is 0 Å². The lowest BCUT2D eigenvalue weighted by Crippen LogP contribution is -2.25. The van der Waals surface area contributed by atoms with E-state index in [1.165, 1.54) is 29.1 Å². The van der Waals surface area contributed by atoms with Crippen LogP contribution in [0.1, 0.15) is 0 Å². The molecule has 4 nitrogen and oxygen atoms in total. The molecule has 0 saturated heterocycles. The van der Waals surface area contributed by atoms with E-state index in [1.807, 2.05) is 24.3 Å². The van der Waals surface area contributed by atoms with Crippen molar-refractivity contribution in [2.75, 3.05) is 4.90 Å². The van der Waals surface area contributed by atoms with Crippen LogP contribution in [-0.2, 0) is 4.79 Å². The minimum absolute atomic E-state index is 0.612. The highest BCUT2D eigenvalue weighted by molar-refractivity contribution is 8.03. The molecule has 0 unspecified atom stereocenters. The SMILES string of the molecule is NC=C1Sc2ccccc2N(C=O)/C1=C/N. The monoisotopic (exact) mass is 233 g/mol. The summed E-state index contributed by atoms with van der Waals surface area (Å²) in [5.41, 5.74) is 12.5. The summed E-state index contributed by atoms with van der Waals surface area (Å²) in [6, 6.07) is 7.60. The van der Waals surface area contributed by atoms with Crippen LogP contribution >= 0.6 is 11.8 Å². The maximum Gasteiger partial charge on any atom is 0.218 e. The van der Waals surface area contributed by atoms with Gasteiger partial charge in [-0.15, -0.1) is 0 Å². The summed E-state index contributed by atoms with van der Waals surface area (Å²) in [4.78, 5) is 14.4. The number of hydrogen-bond acceptors (Lipinski definition) is 4. The predicted octanol–water partition coefficient (Wildman–Crippen LogP) is 1.36. The topological polar surface area (TPSA) is 72.3 Å². The molecular weight excluding hydrogens is 222 g/mol. The van der Waals surface area contributed by atoms with Crippen molar-refractivity contribution in [2.24, 2.45) is 11.5 Å². The Balaban J connectivity index is 2.60. The fourth-order valence-electron chi connectivity index (χ4n) is 1.56. The van der Waals surface area contributed by atoms with Crippen molar-refractivity contribution in [1.82, 2.24) is 0 Å². The van der Waals surface area contributed by atoms with Gasteiger partial charge in [0, 0.05) is 17.3 Å². The minimum Gasteiger partial charge on any atom is -0.404 e. The molecule has 82 valence electrons. The van der Waals surface area contributed by atoms with Crippen molar-refractivity contribution in [3.05, 3.63) is 47.3 Å². The van der Waals surface area contributed by atoms with Crippen molar-refractivity contribution < 1.29 is 4.79 Å². The molecule has 0 saturated carbocycles. The summed E-state index contributed by atoms with van der Waals surface area (Å²) in [5.74, 6) is 0. The fourth-order valence-corrected chi connectivity index (χ4v) is 2.55. The van der Waals surface area contributed by atoms with Gasteiger partial charge < -0.3 is 11.5 Å². The summed E-state index contributed by atoms with van der Waals surface area (Å²) in [5, 5.41) is 0. The number of rotatable bonds is 1. The van der Waals surface area contributed by atoms with E-state index in [1.54, 1.807) is 0 Å². The average molecular weight is 233 g/mol. The van der Waals surface area contributed by atoms with Crippen LogP contribution in [0.2, 0.25) is 0 Å². The van der Waals surface area contributed by atoms with E-state index in [0.717, 1.165) is 21.9 Å². The van der Waals surface area contributed by atoms with E-state index in [4.69, 9.17) is 11.5 Å². The summed E-state index contributed by atoms with van der Waals surface area (Å²) in [7, 11) is 0. The van der Waals surface area contributed by atoms with Crippen LogP contribution in [0, 0.1) is 0 Å². The lowest BCUT2D eigenvalue weighted by Gasteiger charge is -2.29. The maximum atomic E-state index is 11.1. The van der Waals surface area contributed by atoms with E-state index in [9.17, 15) is 4.79 Å². The number of fused-ring (bicyclic) bond motifs is 1. The van der Waals surface area contributed by atoms with E-state index >= 15 is 0 Å². The third-order valence-electron chi connectivity index (χ3n) is 2.27. The third kappa shape index (κ3) is 1.55. The Labute approximate surface area is 97.6 Å². The zero-order chi connectivity index (χ0) is 11.5. The van der Waals surface area contributed by atoms with Gasteiger partial charge in [-0.1, -0.05) is 23.9 Å². The number of carbonyl (C=O) groups is 1. The number of carbonyl (C=O) groups excluding carboxylic acids is 1.